The molecule has 86 valence electrons. The van der Waals surface area contributed by atoms with Gasteiger partial charge in [0, 0.05) is 19.3 Å². The number of aryl methyl sites for hydroxylation is 1. The first-order valence-corrected chi connectivity index (χ1v) is 5.43. The molecule has 0 radical (unpaired) electrons. The molecule has 5 heteroatoms. The van der Waals surface area contributed by atoms with Gasteiger partial charge in [0.1, 0.15) is 5.82 Å². The first-order valence-electron chi connectivity index (χ1n) is 5.43. The Kier molecular flexibility index (Phi) is 3.03. The molecule has 0 amide bonds. The normalized spacial score (nSPS) is 20.8. The van der Waals surface area contributed by atoms with Crippen molar-refractivity contribution in [2.24, 2.45) is 5.92 Å². The number of carboxylic acids is 1. The first-order chi connectivity index (χ1) is 7.66. The predicted octanol–water partition coefficient (Wildman–Crippen LogP) is 1.09. The summed E-state index contributed by atoms with van der Waals surface area (Å²) in [4.78, 5) is 21.4. The Labute approximate surface area is 94.1 Å². The monoisotopic (exact) mass is 221 g/mol. The van der Waals surface area contributed by atoms with Gasteiger partial charge >= 0.3 is 5.97 Å². The Balaban J connectivity index is 2.12. The van der Waals surface area contributed by atoms with Crippen LogP contribution >= 0.6 is 0 Å². The van der Waals surface area contributed by atoms with Crippen molar-refractivity contribution in [1.29, 1.82) is 0 Å². The van der Waals surface area contributed by atoms with E-state index in [9.17, 15) is 4.79 Å². The standard InChI is InChI=1S/C11H15N3O2/c1-8-5-12-6-10(13-8)14-4-2-3-9(7-14)11(15)16/h5-6,9H,2-4,7H2,1H3,(H,15,16). The highest BCUT2D eigenvalue weighted by Crippen LogP contribution is 2.21. The quantitative estimate of drug-likeness (QED) is 0.809. The van der Waals surface area contributed by atoms with Gasteiger partial charge in [-0.3, -0.25) is 9.78 Å². The zero-order valence-corrected chi connectivity index (χ0v) is 9.26. The highest BCUT2D eigenvalue weighted by atomic mass is 16.4. The van der Waals surface area contributed by atoms with Crippen LogP contribution in [0.2, 0.25) is 0 Å². The van der Waals surface area contributed by atoms with Gasteiger partial charge in [-0.25, -0.2) is 4.98 Å². The average Bonchev–Trinajstić information content (AvgIpc) is 2.29. The molecule has 2 rings (SSSR count). The molecule has 16 heavy (non-hydrogen) atoms. The lowest BCUT2D eigenvalue weighted by Crippen LogP contribution is -2.39. The van der Waals surface area contributed by atoms with E-state index < -0.39 is 5.97 Å². The molecule has 2 heterocycles. The van der Waals surface area contributed by atoms with Crippen LogP contribution in [0.15, 0.2) is 12.4 Å². The molecule has 1 aliphatic heterocycles. The molecule has 0 spiro atoms. The van der Waals surface area contributed by atoms with E-state index >= 15 is 0 Å². The number of hydrogen-bond donors (Lipinski definition) is 1. The van der Waals surface area contributed by atoms with Gasteiger partial charge in [-0.05, 0) is 19.8 Å². The lowest BCUT2D eigenvalue weighted by atomic mass is 9.98. The van der Waals surface area contributed by atoms with Gasteiger partial charge in [-0.15, -0.1) is 0 Å². The SMILES string of the molecule is Cc1cncc(N2CCCC(C(=O)O)C2)n1. The summed E-state index contributed by atoms with van der Waals surface area (Å²) in [5, 5.41) is 8.99. The lowest BCUT2D eigenvalue weighted by Gasteiger charge is -2.31. The number of carbonyl (C=O) groups is 1. The number of anilines is 1. The minimum atomic E-state index is -0.717. The van der Waals surface area contributed by atoms with Crippen LogP contribution in [0.5, 0.6) is 0 Å². The summed E-state index contributed by atoms with van der Waals surface area (Å²) in [5.74, 6) is -0.215. The van der Waals surface area contributed by atoms with Crippen molar-refractivity contribution in [3.05, 3.63) is 18.1 Å². The summed E-state index contributed by atoms with van der Waals surface area (Å²) in [6.07, 6.45) is 5.04. The number of piperidine rings is 1. The van der Waals surface area contributed by atoms with E-state index in [4.69, 9.17) is 5.11 Å². The number of carboxylic acid groups (broad SMARTS) is 1. The molecule has 1 aromatic rings. The minimum absolute atomic E-state index is 0.281. The lowest BCUT2D eigenvalue weighted by molar-refractivity contribution is -0.141. The summed E-state index contributed by atoms with van der Waals surface area (Å²) in [6.45, 7) is 3.28. The Bertz CT molecular complexity index is 395. The van der Waals surface area contributed by atoms with Crippen LogP contribution in [-0.2, 0) is 4.79 Å². The summed E-state index contributed by atoms with van der Waals surface area (Å²) < 4.78 is 0. The number of hydrogen-bond acceptors (Lipinski definition) is 4. The maximum Gasteiger partial charge on any atom is 0.308 e. The Morgan fingerprint density at radius 1 is 1.56 bits per heavy atom. The van der Waals surface area contributed by atoms with Gasteiger partial charge in [0.25, 0.3) is 0 Å². The van der Waals surface area contributed by atoms with Gasteiger partial charge in [-0.1, -0.05) is 0 Å². The zero-order chi connectivity index (χ0) is 11.5. The van der Waals surface area contributed by atoms with E-state index in [1.54, 1.807) is 12.4 Å². The Morgan fingerprint density at radius 3 is 3.06 bits per heavy atom. The number of aliphatic carboxylic acids is 1. The fraction of sp³-hybridized carbons (Fsp3) is 0.545. The highest BCUT2D eigenvalue weighted by molar-refractivity contribution is 5.71. The van der Waals surface area contributed by atoms with E-state index in [0.29, 0.717) is 6.54 Å². The second-order valence-corrected chi connectivity index (χ2v) is 4.14. The summed E-state index contributed by atoms with van der Waals surface area (Å²) in [5.41, 5.74) is 0.856. The smallest absolute Gasteiger partial charge is 0.308 e. The van der Waals surface area contributed by atoms with Gasteiger partial charge in [-0.2, -0.15) is 0 Å². The van der Waals surface area contributed by atoms with Crippen molar-refractivity contribution in [1.82, 2.24) is 9.97 Å². The molecule has 1 fully saturated rings. The summed E-state index contributed by atoms with van der Waals surface area (Å²) in [7, 11) is 0. The first kappa shape index (κ1) is 10.9. The maximum atomic E-state index is 10.9. The van der Waals surface area contributed by atoms with Gasteiger partial charge in [0.15, 0.2) is 0 Å². The molecule has 1 unspecified atom stereocenters. The molecule has 1 atom stereocenters. The molecule has 1 aliphatic rings. The third-order valence-electron chi connectivity index (χ3n) is 2.84. The molecule has 0 aromatic carbocycles. The van der Waals surface area contributed by atoms with Crippen LogP contribution in [-0.4, -0.2) is 34.1 Å². The molecule has 0 saturated carbocycles. The zero-order valence-electron chi connectivity index (χ0n) is 9.26. The van der Waals surface area contributed by atoms with E-state index in [2.05, 4.69) is 9.97 Å². The van der Waals surface area contributed by atoms with Gasteiger partial charge in [0.2, 0.25) is 0 Å². The third-order valence-corrected chi connectivity index (χ3v) is 2.84. The van der Waals surface area contributed by atoms with Crippen molar-refractivity contribution in [2.75, 3.05) is 18.0 Å². The van der Waals surface area contributed by atoms with Crippen LogP contribution in [0, 0.1) is 12.8 Å². The van der Waals surface area contributed by atoms with E-state index in [0.717, 1.165) is 30.9 Å². The van der Waals surface area contributed by atoms with Gasteiger partial charge < -0.3 is 10.0 Å². The van der Waals surface area contributed by atoms with Crippen molar-refractivity contribution in [2.45, 2.75) is 19.8 Å². The molecular weight excluding hydrogens is 206 g/mol. The molecule has 5 nitrogen and oxygen atoms in total. The fourth-order valence-corrected chi connectivity index (χ4v) is 1.99. The van der Waals surface area contributed by atoms with Crippen molar-refractivity contribution < 1.29 is 9.90 Å². The Hall–Kier alpha value is -1.65. The number of nitrogens with zero attached hydrogens (tertiary/aromatic N) is 3. The average molecular weight is 221 g/mol. The second kappa shape index (κ2) is 4.47. The molecule has 1 aromatic heterocycles. The van der Waals surface area contributed by atoms with Crippen LogP contribution in [0.25, 0.3) is 0 Å². The van der Waals surface area contributed by atoms with E-state index in [-0.39, 0.29) is 5.92 Å². The molecule has 0 bridgehead atoms. The van der Waals surface area contributed by atoms with E-state index in [1.165, 1.54) is 0 Å². The van der Waals surface area contributed by atoms with Crippen LogP contribution in [0.1, 0.15) is 18.5 Å². The third kappa shape index (κ3) is 2.29. The fourth-order valence-electron chi connectivity index (χ4n) is 1.99. The summed E-state index contributed by atoms with van der Waals surface area (Å²) in [6, 6.07) is 0. The van der Waals surface area contributed by atoms with Crippen LogP contribution < -0.4 is 4.90 Å². The molecule has 0 aliphatic carbocycles. The summed E-state index contributed by atoms with van der Waals surface area (Å²) >= 11 is 0. The van der Waals surface area contributed by atoms with Crippen LogP contribution in [0.3, 0.4) is 0 Å². The topological polar surface area (TPSA) is 66.3 Å². The molecular formula is C11H15N3O2. The molecule has 1 N–H and O–H groups in total. The largest absolute Gasteiger partial charge is 0.481 e. The van der Waals surface area contributed by atoms with Crippen molar-refractivity contribution in [3.63, 3.8) is 0 Å². The minimum Gasteiger partial charge on any atom is -0.481 e. The predicted molar refractivity (Wildman–Crippen MR) is 59.3 cm³/mol. The number of aromatic nitrogens is 2. The van der Waals surface area contributed by atoms with Crippen molar-refractivity contribution in [3.8, 4) is 0 Å². The Morgan fingerprint density at radius 2 is 2.38 bits per heavy atom. The number of rotatable bonds is 2. The van der Waals surface area contributed by atoms with Gasteiger partial charge in [0.05, 0.1) is 17.8 Å². The van der Waals surface area contributed by atoms with E-state index in [1.807, 2.05) is 11.8 Å². The highest BCUT2D eigenvalue weighted by Gasteiger charge is 2.26. The second-order valence-electron chi connectivity index (χ2n) is 4.14. The van der Waals surface area contributed by atoms with Crippen LogP contribution in [0.4, 0.5) is 5.82 Å². The molecule has 1 saturated heterocycles. The van der Waals surface area contributed by atoms with Crippen molar-refractivity contribution >= 4 is 11.8 Å². The maximum absolute atomic E-state index is 10.9.